The lowest BCUT2D eigenvalue weighted by molar-refractivity contribution is -0.139. The van der Waals surface area contributed by atoms with E-state index in [0.717, 1.165) is 0 Å². The zero-order valence-electron chi connectivity index (χ0n) is 22.1. The Morgan fingerprint density at radius 3 is 2.73 bits per heavy atom. The minimum Gasteiger partial charge on any atom is -0.493 e. The average Bonchev–Trinajstić information content (AvgIpc) is 3.23. The van der Waals surface area contributed by atoms with Crippen molar-refractivity contribution in [3.8, 4) is 11.5 Å². The van der Waals surface area contributed by atoms with Gasteiger partial charge in [-0.05, 0) is 37.5 Å². The van der Waals surface area contributed by atoms with Crippen LogP contribution in [0.2, 0.25) is 0 Å². The summed E-state index contributed by atoms with van der Waals surface area (Å²) in [7, 11) is 2.96. The minimum atomic E-state index is -0.427. The number of amides is 3. The fraction of sp³-hybridized carbons (Fsp3) is 0.560. The molecule has 2 N–H and O–H groups in total. The molecule has 2 heterocycles. The topological polar surface area (TPSA) is 137 Å². The van der Waals surface area contributed by atoms with Crippen molar-refractivity contribution >= 4 is 17.7 Å². The molecule has 12 heteroatoms. The Balaban J connectivity index is 1.93. The summed E-state index contributed by atoms with van der Waals surface area (Å²) in [6, 6.07) is 4.55. The predicted octanol–water partition coefficient (Wildman–Crippen LogP) is 1.10. The summed E-state index contributed by atoms with van der Waals surface area (Å²) in [6.45, 7) is 6.63. The number of benzene rings is 1. The van der Waals surface area contributed by atoms with Crippen molar-refractivity contribution in [2.24, 2.45) is 5.92 Å². The van der Waals surface area contributed by atoms with Crippen LogP contribution in [0.5, 0.6) is 11.5 Å². The first-order chi connectivity index (χ1) is 17.7. The lowest BCUT2D eigenvalue weighted by Gasteiger charge is -2.26. The minimum absolute atomic E-state index is 0.00734. The first kappa shape index (κ1) is 27.9. The molecule has 3 amide bonds. The molecule has 1 aliphatic rings. The number of carbonyl (C=O) groups excluding carboxylic acids is 3. The Hall–Kier alpha value is -3.67. The molecule has 1 aromatic heterocycles. The van der Waals surface area contributed by atoms with E-state index in [1.165, 1.54) is 19.1 Å². The zero-order chi connectivity index (χ0) is 26.9. The van der Waals surface area contributed by atoms with Crippen molar-refractivity contribution in [1.29, 1.82) is 0 Å². The molecular weight excluding hydrogens is 480 g/mol. The summed E-state index contributed by atoms with van der Waals surface area (Å²) in [4.78, 5) is 44.4. The van der Waals surface area contributed by atoms with Crippen LogP contribution in [0.15, 0.2) is 18.2 Å². The fourth-order valence-electron chi connectivity index (χ4n) is 4.04. The maximum atomic E-state index is 13.0. The van der Waals surface area contributed by atoms with Crippen molar-refractivity contribution in [3.63, 3.8) is 0 Å². The molecule has 0 saturated carbocycles. The highest BCUT2D eigenvalue weighted by atomic mass is 16.5. The van der Waals surface area contributed by atoms with Crippen molar-refractivity contribution in [3.05, 3.63) is 35.4 Å². The second-order valence-electron chi connectivity index (χ2n) is 9.10. The second-order valence-corrected chi connectivity index (χ2v) is 9.10. The zero-order valence-corrected chi connectivity index (χ0v) is 22.1. The second kappa shape index (κ2) is 13.0. The van der Waals surface area contributed by atoms with Gasteiger partial charge in [-0.3, -0.25) is 14.4 Å². The van der Waals surface area contributed by atoms with Crippen molar-refractivity contribution in [2.45, 2.75) is 39.8 Å². The van der Waals surface area contributed by atoms with Gasteiger partial charge in [0.1, 0.15) is 24.9 Å². The van der Waals surface area contributed by atoms with Crippen LogP contribution in [0.25, 0.3) is 0 Å². The molecular formula is C25H36N6O6. The van der Waals surface area contributed by atoms with E-state index in [4.69, 9.17) is 14.2 Å². The first-order valence-electron chi connectivity index (χ1n) is 12.3. The van der Waals surface area contributed by atoms with E-state index in [9.17, 15) is 14.4 Å². The van der Waals surface area contributed by atoms with Crippen LogP contribution in [-0.4, -0.2) is 84.5 Å². The molecule has 1 aromatic carbocycles. The Labute approximate surface area is 216 Å². The molecule has 0 aliphatic carbocycles. The molecule has 202 valence electrons. The number of aryl methyl sites for hydroxylation is 1. The number of rotatable bonds is 4. The summed E-state index contributed by atoms with van der Waals surface area (Å²) >= 11 is 0. The molecule has 1 aliphatic heterocycles. The third kappa shape index (κ3) is 7.42. The molecule has 37 heavy (non-hydrogen) atoms. The monoisotopic (exact) mass is 516 g/mol. The van der Waals surface area contributed by atoms with E-state index in [1.807, 2.05) is 13.8 Å². The van der Waals surface area contributed by atoms with Gasteiger partial charge in [0, 0.05) is 25.8 Å². The van der Waals surface area contributed by atoms with Gasteiger partial charge in [0.2, 0.25) is 11.8 Å². The number of hydrogen-bond donors (Lipinski definition) is 2. The molecule has 3 rings (SSSR count). The molecule has 2 aromatic rings. The molecule has 1 atom stereocenters. The molecule has 0 spiro atoms. The number of nitrogens with zero attached hydrogens (tertiary/aromatic N) is 4. The van der Waals surface area contributed by atoms with Crippen LogP contribution in [-0.2, 0) is 20.9 Å². The van der Waals surface area contributed by atoms with E-state index in [0.29, 0.717) is 48.2 Å². The Morgan fingerprint density at radius 2 is 2.03 bits per heavy atom. The maximum absolute atomic E-state index is 13.0. The molecule has 0 radical (unpaired) electrons. The van der Waals surface area contributed by atoms with Gasteiger partial charge in [0.05, 0.1) is 26.2 Å². The van der Waals surface area contributed by atoms with Crippen molar-refractivity contribution in [1.82, 2.24) is 30.3 Å². The summed E-state index contributed by atoms with van der Waals surface area (Å²) < 4.78 is 18.1. The SMILES string of the molecule is COCC(=O)N1CCCNC(=O)c2ccc(OC)c(c2)OCCn2nc(C)nc2[C@H](C(C)C)NC(=O)C1. The van der Waals surface area contributed by atoms with Gasteiger partial charge < -0.3 is 29.7 Å². The molecule has 2 bridgehead atoms. The highest BCUT2D eigenvalue weighted by molar-refractivity contribution is 5.94. The van der Waals surface area contributed by atoms with Gasteiger partial charge in [-0.1, -0.05) is 13.8 Å². The summed E-state index contributed by atoms with van der Waals surface area (Å²) in [5, 5.41) is 10.4. The highest BCUT2D eigenvalue weighted by Crippen LogP contribution is 2.28. The number of aromatic nitrogens is 3. The summed E-state index contributed by atoms with van der Waals surface area (Å²) in [6.07, 6.45) is 0.453. The third-order valence-electron chi connectivity index (χ3n) is 5.90. The van der Waals surface area contributed by atoms with Crippen molar-refractivity contribution < 1.29 is 28.6 Å². The maximum Gasteiger partial charge on any atom is 0.251 e. The van der Waals surface area contributed by atoms with Gasteiger partial charge in [0.15, 0.2) is 11.5 Å². The summed E-state index contributed by atoms with van der Waals surface area (Å²) in [5.74, 6) is 1.18. The fourth-order valence-corrected chi connectivity index (χ4v) is 4.04. The van der Waals surface area contributed by atoms with Gasteiger partial charge in [-0.15, -0.1) is 0 Å². The standard InChI is InChI=1S/C25H36N6O6/c1-16(2)23-24-27-17(3)29-31(24)11-12-37-20-13-18(7-8-19(20)36-5)25(34)26-9-6-10-30(14-21(32)28-23)22(33)15-35-4/h7-8,13,16,23H,6,9-12,14-15H2,1-5H3,(H,26,34)(H,28,32)/t23-/m0/s1. The lowest BCUT2D eigenvalue weighted by Crippen LogP contribution is -2.45. The van der Waals surface area contributed by atoms with Crippen LogP contribution >= 0.6 is 0 Å². The third-order valence-corrected chi connectivity index (χ3v) is 5.90. The van der Waals surface area contributed by atoms with E-state index >= 15 is 0 Å². The molecule has 12 nitrogen and oxygen atoms in total. The Kier molecular flexibility index (Phi) is 9.84. The smallest absolute Gasteiger partial charge is 0.251 e. The van der Waals surface area contributed by atoms with Crippen LogP contribution in [0, 0.1) is 12.8 Å². The van der Waals surface area contributed by atoms with Crippen molar-refractivity contribution in [2.75, 3.05) is 47.1 Å². The Morgan fingerprint density at radius 1 is 1.24 bits per heavy atom. The number of fused-ring (bicyclic) bond motifs is 3. The number of hydrogen-bond acceptors (Lipinski definition) is 8. The lowest BCUT2D eigenvalue weighted by atomic mass is 10.0. The molecule has 0 unspecified atom stereocenters. The summed E-state index contributed by atoms with van der Waals surface area (Å²) in [5.41, 5.74) is 0.417. The average molecular weight is 517 g/mol. The largest absolute Gasteiger partial charge is 0.493 e. The number of methoxy groups -OCH3 is 2. The molecule has 0 fully saturated rings. The quantitative estimate of drug-likeness (QED) is 0.616. The number of carbonyl (C=O) groups is 3. The number of nitrogens with one attached hydrogen (secondary N) is 2. The normalized spacial score (nSPS) is 17.7. The Bertz CT molecular complexity index is 1100. The first-order valence-corrected chi connectivity index (χ1v) is 12.3. The molecule has 0 saturated heterocycles. The van der Waals surface area contributed by atoms with Gasteiger partial charge in [0.25, 0.3) is 5.91 Å². The highest BCUT2D eigenvalue weighted by Gasteiger charge is 2.26. The van der Waals surface area contributed by atoms with Gasteiger partial charge in [-0.25, -0.2) is 9.67 Å². The van der Waals surface area contributed by atoms with Crippen LogP contribution in [0.1, 0.15) is 48.3 Å². The number of ether oxygens (including phenoxy) is 3. The van der Waals surface area contributed by atoms with Gasteiger partial charge >= 0.3 is 0 Å². The van der Waals surface area contributed by atoms with E-state index < -0.39 is 6.04 Å². The predicted molar refractivity (Wildman–Crippen MR) is 134 cm³/mol. The van der Waals surface area contributed by atoms with Gasteiger partial charge in [-0.2, -0.15) is 5.10 Å². The van der Waals surface area contributed by atoms with Crippen LogP contribution in [0.3, 0.4) is 0 Å². The van der Waals surface area contributed by atoms with Crippen LogP contribution in [0.4, 0.5) is 0 Å². The van der Waals surface area contributed by atoms with E-state index in [-0.39, 0.29) is 49.9 Å². The van der Waals surface area contributed by atoms with E-state index in [2.05, 4.69) is 20.7 Å². The van der Waals surface area contributed by atoms with Crippen LogP contribution < -0.4 is 20.1 Å². The van der Waals surface area contributed by atoms with E-state index in [1.54, 1.807) is 29.8 Å².